The molecule has 0 bridgehead atoms. The van der Waals surface area contributed by atoms with Crippen LogP contribution in [0.4, 0.5) is 0 Å². The number of fused-ring (bicyclic) bond motifs is 1. The summed E-state index contributed by atoms with van der Waals surface area (Å²) in [5.74, 6) is -0.282. The van der Waals surface area contributed by atoms with E-state index in [1.54, 1.807) is 19.9 Å². The summed E-state index contributed by atoms with van der Waals surface area (Å²) < 4.78 is 34.1. The lowest BCUT2D eigenvalue weighted by Gasteiger charge is -2.24. The summed E-state index contributed by atoms with van der Waals surface area (Å²) in [6.07, 6.45) is 0.749. The smallest absolute Gasteiger partial charge is 0.339 e. The first kappa shape index (κ1) is 22.3. The SMILES string of the molecule is CCOC(=O)CCc1c(C)c2ccc(O)c(CN[C@]3(C)CCS(=O)(=O)C3)c2oc1=O. The Morgan fingerprint density at radius 1 is 1.33 bits per heavy atom. The largest absolute Gasteiger partial charge is 0.507 e. The third-order valence-corrected chi connectivity index (χ3v) is 7.52. The van der Waals surface area contributed by atoms with E-state index in [0.29, 0.717) is 28.5 Å². The highest BCUT2D eigenvalue weighted by atomic mass is 32.2. The van der Waals surface area contributed by atoms with Gasteiger partial charge in [-0.15, -0.1) is 0 Å². The van der Waals surface area contributed by atoms with E-state index in [0.717, 1.165) is 0 Å². The summed E-state index contributed by atoms with van der Waals surface area (Å²) in [6, 6.07) is 3.19. The molecule has 0 aliphatic carbocycles. The number of hydrogen-bond donors (Lipinski definition) is 2. The molecule has 9 heteroatoms. The third-order valence-electron chi connectivity index (χ3n) is 5.61. The Morgan fingerprint density at radius 2 is 2.07 bits per heavy atom. The van der Waals surface area contributed by atoms with Crippen LogP contribution < -0.4 is 10.9 Å². The highest BCUT2D eigenvalue weighted by Crippen LogP contribution is 2.31. The van der Waals surface area contributed by atoms with Gasteiger partial charge in [0.15, 0.2) is 9.84 Å². The number of aromatic hydroxyl groups is 1. The van der Waals surface area contributed by atoms with Crippen LogP contribution in [0.25, 0.3) is 11.0 Å². The molecule has 0 amide bonds. The second-order valence-electron chi connectivity index (χ2n) is 7.99. The van der Waals surface area contributed by atoms with Crippen molar-refractivity contribution in [2.75, 3.05) is 18.1 Å². The van der Waals surface area contributed by atoms with Crippen LogP contribution in [-0.4, -0.2) is 43.1 Å². The molecule has 2 aromatic rings. The van der Waals surface area contributed by atoms with E-state index in [1.165, 1.54) is 6.07 Å². The Hall–Kier alpha value is -2.39. The second kappa shape index (κ2) is 8.39. The zero-order valence-electron chi connectivity index (χ0n) is 17.4. The minimum Gasteiger partial charge on any atom is -0.507 e. The predicted octanol–water partition coefficient (Wildman–Crippen LogP) is 1.97. The maximum Gasteiger partial charge on any atom is 0.339 e. The average molecular weight is 438 g/mol. The lowest BCUT2D eigenvalue weighted by Crippen LogP contribution is -2.42. The Labute approximate surface area is 175 Å². The van der Waals surface area contributed by atoms with Crippen molar-refractivity contribution in [1.29, 1.82) is 0 Å². The topological polar surface area (TPSA) is 123 Å². The Bertz CT molecular complexity index is 1140. The summed E-state index contributed by atoms with van der Waals surface area (Å²) >= 11 is 0. The van der Waals surface area contributed by atoms with Gasteiger partial charge in [0, 0.05) is 29.5 Å². The fourth-order valence-electron chi connectivity index (χ4n) is 3.87. The molecule has 0 saturated carbocycles. The first-order valence-corrected chi connectivity index (χ1v) is 11.8. The maximum absolute atomic E-state index is 12.6. The fourth-order valence-corrected chi connectivity index (χ4v) is 5.99. The van der Waals surface area contributed by atoms with Crippen LogP contribution in [0.3, 0.4) is 0 Å². The number of phenols is 1. The van der Waals surface area contributed by atoms with Gasteiger partial charge in [0.1, 0.15) is 11.3 Å². The van der Waals surface area contributed by atoms with Crippen LogP contribution in [-0.2, 0) is 32.3 Å². The predicted molar refractivity (Wildman–Crippen MR) is 112 cm³/mol. The van der Waals surface area contributed by atoms with Crippen molar-refractivity contribution in [3.8, 4) is 5.75 Å². The number of benzene rings is 1. The van der Waals surface area contributed by atoms with Gasteiger partial charge < -0.3 is 19.6 Å². The first-order chi connectivity index (χ1) is 14.1. The van der Waals surface area contributed by atoms with E-state index < -0.39 is 21.0 Å². The van der Waals surface area contributed by atoms with E-state index >= 15 is 0 Å². The number of sulfone groups is 1. The zero-order chi connectivity index (χ0) is 22.1. The van der Waals surface area contributed by atoms with Gasteiger partial charge in [0.2, 0.25) is 0 Å². The van der Waals surface area contributed by atoms with E-state index in [4.69, 9.17) is 9.15 Å². The van der Waals surface area contributed by atoms with Crippen molar-refractivity contribution in [2.45, 2.75) is 52.1 Å². The molecule has 0 radical (unpaired) electrons. The number of ether oxygens (including phenoxy) is 1. The second-order valence-corrected chi connectivity index (χ2v) is 10.2. The molecule has 164 valence electrons. The quantitative estimate of drug-likeness (QED) is 0.498. The maximum atomic E-state index is 12.6. The number of hydrogen-bond acceptors (Lipinski definition) is 8. The van der Waals surface area contributed by atoms with Crippen LogP contribution in [0, 0.1) is 6.92 Å². The molecule has 1 aromatic carbocycles. The molecule has 1 fully saturated rings. The van der Waals surface area contributed by atoms with E-state index in [2.05, 4.69) is 5.32 Å². The molecule has 1 atom stereocenters. The molecule has 0 unspecified atom stereocenters. The van der Waals surface area contributed by atoms with Gasteiger partial charge in [-0.1, -0.05) is 0 Å². The summed E-state index contributed by atoms with van der Waals surface area (Å²) in [7, 11) is -3.08. The van der Waals surface area contributed by atoms with Crippen molar-refractivity contribution in [2.24, 2.45) is 0 Å². The highest BCUT2D eigenvalue weighted by Gasteiger charge is 2.38. The van der Waals surface area contributed by atoms with Crippen LogP contribution in [0.15, 0.2) is 21.3 Å². The summed E-state index contributed by atoms with van der Waals surface area (Å²) in [5, 5.41) is 14.2. The highest BCUT2D eigenvalue weighted by molar-refractivity contribution is 7.91. The molecule has 30 heavy (non-hydrogen) atoms. The number of rotatable bonds is 7. The van der Waals surface area contributed by atoms with Gasteiger partial charge in [-0.05, 0) is 51.3 Å². The van der Waals surface area contributed by atoms with E-state index in [-0.39, 0.29) is 54.8 Å². The standard InChI is InChI=1S/C21H27NO7S/c1-4-28-18(24)8-6-15-13(2)14-5-7-17(23)16(19(14)29-20(15)25)11-22-21(3)9-10-30(26,27)12-21/h5,7,22-23H,4,6,8-12H2,1-3H3/t21-/m1/s1. The van der Waals surface area contributed by atoms with Gasteiger partial charge in [0.05, 0.1) is 23.7 Å². The number of carbonyl (C=O) groups excluding carboxylic acids is 1. The summed E-state index contributed by atoms with van der Waals surface area (Å²) in [4.78, 5) is 24.2. The van der Waals surface area contributed by atoms with Crippen molar-refractivity contribution < 1.29 is 27.5 Å². The average Bonchev–Trinajstić information content (AvgIpc) is 2.94. The first-order valence-electron chi connectivity index (χ1n) is 9.93. The Morgan fingerprint density at radius 3 is 2.70 bits per heavy atom. The normalized spacial score (nSPS) is 20.5. The molecule has 1 aromatic heterocycles. The van der Waals surface area contributed by atoms with Crippen LogP contribution in [0.5, 0.6) is 5.75 Å². The number of phenolic OH excluding ortho intramolecular Hbond substituents is 1. The fraction of sp³-hybridized carbons (Fsp3) is 0.524. The van der Waals surface area contributed by atoms with E-state index in [1.807, 2.05) is 6.92 Å². The summed E-state index contributed by atoms with van der Waals surface area (Å²) in [6.45, 7) is 5.75. The Kier molecular flexibility index (Phi) is 6.24. The van der Waals surface area contributed by atoms with Crippen LogP contribution in [0.1, 0.15) is 43.4 Å². The molecule has 3 rings (SSSR count). The van der Waals surface area contributed by atoms with Gasteiger partial charge >= 0.3 is 11.6 Å². The van der Waals surface area contributed by atoms with Gasteiger partial charge in [0.25, 0.3) is 0 Å². The Balaban J connectivity index is 1.92. The molecule has 8 nitrogen and oxygen atoms in total. The molecule has 1 aliphatic heterocycles. The molecular formula is C21H27NO7S. The van der Waals surface area contributed by atoms with Gasteiger partial charge in [-0.2, -0.15) is 0 Å². The zero-order valence-corrected chi connectivity index (χ0v) is 18.2. The number of carbonyl (C=O) groups is 1. The minimum absolute atomic E-state index is 0.0203. The number of esters is 1. The van der Waals surface area contributed by atoms with Crippen molar-refractivity contribution in [1.82, 2.24) is 5.32 Å². The molecule has 2 N–H and O–H groups in total. The number of aryl methyl sites for hydroxylation is 1. The lowest BCUT2D eigenvalue weighted by molar-refractivity contribution is -0.143. The molecule has 2 heterocycles. The number of nitrogens with one attached hydrogen (secondary N) is 1. The van der Waals surface area contributed by atoms with Gasteiger partial charge in [-0.3, -0.25) is 4.79 Å². The van der Waals surface area contributed by atoms with Crippen LogP contribution >= 0.6 is 0 Å². The van der Waals surface area contributed by atoms with Gasteiger partial charge in [-0.25, -0.2) is 13.2 Å². The van der Waals surface area contributed by atoms with E-state index in [9.17, 15) is 23.1 Å². The van der Waals surface area contributed by atoms with Crippen molar-refractivity contribution in [3.63, 3.8) is 0 Å². The third kappa shape index (κ3) is 4.67. The molecule has 1 saturated heterocycles. The molecule has 1 aliphatic rings. The lowest BCUT2D eigenvalue weighted by atomic mass is 9.98. The van der Waals surface area contributed by atoms with Crippen molar-refractivity contribution >= 4 is 26.8 Å². The monoisotopic (exact) mass is 437 g/mol. The van der Waals surface area contributed by atoms with Crippen molar-refractivity contribution in [3.05, 3.63) is 39.2 Å². The summed E-state index contributed by atoms with van der Waals surface area (Å²) in [5.41, 5.74) is 0.563. The minimum atomic E-state index is -3.08. The molecular weight excluding hydrogens is 410 g/mol. The molecule has 0 spiro atoms. The van der Waals surface area contributed by atoms with Crippen LogP contribution in [0.2, 0.25) is 0 Å².